The van der Waals surface area contributed by atoms with Crippen molar-refractivity contribution in [3.8, 4) is 17.1 Å². The van der Waals surface area contributed by atoms with Gasteiger partial charge in [0, 0.05) is 17.5 Å². The van der Waals surface area contributed by atoms with Gasteiger partial charge in [0.2, 0.25) is 5.89 Å². The maximum Gasteiger partial charge on any atom is 0.239 e. The monoisotopic (exact) mass is 427 g/mol. The third-order valence-corrected chi connectivity index (χ3v) is 5.45. The van der Waals surface area contributed by atoms with E-state index in [1.165, 1.54) is 23.9 Å². The number of benzene rings is 2. The van der Waals surface area contributed by atoms with Crippen molar-refractivity contribution in [3.63, 3.8) is 0 Å². The van der Waals surface area contributed by atoms with Gasteiger partial charge in [-0.05, 0) is 19.1 Å². The molecule has 0 aliphatic heterocycles. The van der Waals surface area contributed by atoms with E-state index in [1.807, 2.05) is 51.1 Å². The summed E-state index contributed by atoms with van der Waals surface area (Å²) in [6, 6.07) is 12.7. The first kappa shape index (κ1) is 20.2. The summed E-state index contributed by atoms with van der Waals surface area (Å²) in [5.74, 6) is 0.291. The van der Waals surface area contributed by atoms with E-state index in [-0.39, 0.29) is 16.9 Å². The summed E-state index contributed by atoms with van der Waals surface area (Å²) >= 11 is 1.30. The molecule has 1 atom stereocenters. The van der Waals surface area contributed by atoms with E-state index < -0.39 is 11.6 Å². The van der Waals surface area contributed by atoms with Crippen molar-refractivity contribution in [1.82, 2.24) is 24.9 Å². The molecule has 2 aromatic heterocycles. The van der Waals surface area contributed by atoms with E-state index in [4.69, 9.17) is 4.52 Å². The maximum atomic E-state index is 14.7. The Labute approximate surface area is 176 Å². The van der Waals surface area contributed by atoms with E-state index in [2.05, 4.69) is 20.3 Å². The molecule has 4 rings (SSSR count). The molecule has 0 saturated carbocycles. The van der Waals surface area contributed by atoms with Crippen molar-refractivity contribution in [2.24, 2.45) is 0 Å². The quantitative estimate of drug-likeness (QED) is 0.375. The molecule has 0 fully saturated rings. The van der Waals surface area contributed by atoms with Gasteiger partial charge >= 0.3 is 0 Å². The van der Waals surface area contributed by atoms with E-state index in [0.29, 0.717) is 22.7 Å². The van der Waals surface area contributed by atoms with Gasteiger partial charge in [0.15, 0.2) is 16.8 Å². The van der Waals surface area contributed by atoms with Crippen LogP contribution in [-0.2, 0) is 0 Å². The molecule has 0 amide bonds. The predicted molar refractivity (Wildman–Crippen MR) is 109 cm³/mol. The molecule has 1 unspecified atom stereocenters. The summed E-state index contributed by atoms with van der Waals surface area (Å²) in [7, 11) is 0. The molecule has 2 aromatic carbocycles. The molecule has 6 nitrogen and oxygen atoms in total. The number of hydrogen-bond acceptors (Lipinski definition) is 6. The Kier molecular flexibility index (Phi) is 5.63. The molecule has 0 saturated heterocycles. The van der Waals surface area contributed by atoms with Gasteiger partial charge in [0.25, 0.3) is 0 Å². The Bertz CT molecular complexity index is 1160. The fourth-order valence-electron chi connectivity index (χ4n) is 2.86. The first-order valence-electron chi connectivity index (χ1n) is 9.40. The summed E-state index contributed by atoms with van der Waals surface area (Å²) in [6.07, 6.45) is 0. The largest absolute Gasteiger partial charge is 0.338 e. The fraction of sp³-hybridized carbons (Fsp3) is 0.238. The predicted octanol–water partition coefficient (Wildman–Crippen LogP) is 5.57. The molecule has 0 bridgehead atoms. The van der Waals surface area contributed by atoms with E-state index >= 15 is 0 Å². The lowest BCUT2D eigenvalue weighted by Crippen LogP contribution is -2.04. The first-order chi connectivity index (χ1) is 14.4. The highest BCUT2D eigenvalue weighted by Gasteiger charge is 2.24. The molecule has 154 valence electrons. The van der Waals surface area contributed by atoms with E-state index in [1.54, 1.807) is 4.57 Å². The van der Waals surface area contributed by atoms with Crippen molar-refractivity contribution < 1.29 is 13.3 Å². The highest BCUT2D eigenvalue weighted by molar-refractivity contribution is 7.99. The summed E-state index contributed by atoms with van der Waals surface area (Å²) in [6.45, 7) is 5.85. The van der Waals surface area contributed by atoms with Crippen molar-refractivity contribution in [1.29, 1.82) is 0 Å². The average molecular weight is 427 g/mol. The lowest BCUT2D eigenvalue weighted by atomic mass is 10.2. The fourth-order valence-corrected chi connectivity index (χ4v) is 3.75. The topological polar surface area (TPSA) is 69.6 Å². The normalized spacial score (nSPS) is 12.5. The molecule has 0 N–H and O–H groups in total. The number of nitrogens with zero attached hydrogens (tertiary/aromatic N) is 5. The Morgan fingerprint density at radius 3 is 2.43 bits per heavy atom. The average Bonchev–Trinajstić information content (AvgIpc) is 3.37. The summed E-state index contributed by atoms with van der Waals surface area (Å²) in [5.41, 5.74) is 0.913. The molecule has 0 spiro atoms. The SMILES string of the molecule is CC(C)c1noc(C(C)Sc2nnc(-c3ccccc3)n2-c2ccc(F)cc2F)n1. The van der Waals surface area contributed by atoms with E-state index in [9.17, 15) is 8.78 Å². The molecule has 9 heteroatoms. The third-order valence-electron chi connectivity index (χ3n) is 4.42. The Balaban J connectivity index is 1.77. The van der Waals surface area contributed by atoms with Gasteiger partial charge in [-0.3, -0.25) is 4.57 Å². The van der Waals surface area contributed by atoms with Crippen molar-refractivity contribution in [2.45, 2.75) is 37.1 Å². The van der Waals surface area contributed by atoms with Crippen LogP contribution in [0.4, 0.5) is 8.78 Å². The summed E-state index contributed by atoms with van der Waals surface area (Å²) < 4.78 is 35.1. The van der Waals surface area contributed by atoms with Crippen LogP contribution in [0.5, 0.6) is 0 Å². The van der Waals surface area contributed by atoms with Crippen LogP contribution in [0, 0.1) is 11.6 Å². The Morgan fingerprint density at radius 1 is 1.00 bits per heavy atom. The third kappa shape index (κ3) is 3.97. The van der Waals surface area contributed by atoms with Gasteiger partial charge in [0.05, 0.1) is 10.9 Å². The zero-order valence-corrected chi connectivity index (χ0v) is 17.4. The second-order valence-corrected chi connectivity index (χ2v) is 8.32. The van der Waals surface area contributed by atoms with Gasteiger partial charge < -0.3 is 4.52 Å². The Hall–Kier alpha value is -3.07. The van der Waals surface area contributed by atoms with Crippen molar-refractivity contribution in [2.75, 3.05) is 0 Å². The summed E-state index contributed by atoms with van der Waals surface area (Å²) in [4.78, 5) is 4.42. The molecule has 30 heavy (non-hydrogen) atoms. The zero-order valence-electron chi connectivity index (χ0n) is 16.6. The van der Waals surface area contributed by atoms with Gasteiger partial charge in [0.1, 0.15) is 11.6 Å². The molecule has 0 aliphatic rings. The number of aromatic nitrogens is 5. The van der Waals surface area contributed by atoms with Crippen molar-refractivity contribution in [3.05, 3.63) is 71.9 Å². The second kappa shape index (κ2) is 8.35. The van der Waals surface area contributed by atoms with Crippen LogP contribution in [0.1, 0.15) is 43.7 Å². The van der Waals surface area contributed by atoms with Crippen LogP contribution in [0.15, 0.2) is 58.2 Å². The minimum Gasteiger partial charge on any atom is -0.338 e. The Morgan fingerprint density at radius 2 is 1.77 bits per heavy atom. The highest BCUT2D eigenvalue weighted by atomic mass is 32.2. The van der Waals surface area contributed by atoms with Gasteiger partial charge in [-0.2, -0.15) is 4.98 Å². The number of halogens is 2. The zero-order chi connectivity index (χ0) is 21.3. The van der Waals surface area contributed by atoms with Crippen LogP contribution >= 0.6 is 11.8 Å². The van der Waals surface area contributed by atoms with Crippen LogP contribution in [0.25, 0.3) is 17.1 Å². The summed E-state index contributed by atoms with van der Waals surface area (Å²) in [5, 5.41) is 12.7. The standard InChI is InChI=1S/C21H19F2N5OS/c1-12(2)18-24-20(29-27-18)13(3)30-21-26-25-19(14-7-5-4-6-8-14)28(21)17-10-9-15(22)11-16(17)23/h4-13H,1-3H3. The molecular formula is C21H19F2N5OS. The first-order valence-corrected chi connectivity index (χ1v) is 10.3. The minimum atomic E-state index is -0.707. The molecular weight excluding hydrogens is 408 g/mol. The van der Waals surface area contributed by atoms with Crippen LogP contribution in [0.2, 0.25) is 0 Å². The van der Waals surface area contributed by atoms with Crippen LogP contribution < -0.4 is 0 Å². The number of rotatable bonds is 6. The molecule has 0 radical (unpaired) electrons. The van der Waals surface area contributed by atoms with Gasteiger partial charge in [-0.25, -0.2) is 8.78 Å². The lowest BCUT2D eigenvalue weighted by molar-refractivity contribution is 0.373. The molecule has 2 heterocycles. The highest BCUT2D eigenvalue weighted by Crippen LogP contribution is 2.37. The maximum absolute atomic E-state index is 14.7. The molecule has 4 aromatic rings. The smallest absolute Gasteiger partial charge is 0.239 e. The molecule has 0 aliphatic carbocycles. The number of hydrogen-bond donors (Lipinski definition) is 0. The van der Waals surface area contributed by atoms with Gasteiger partial charge in [-0.1, -0.05) is 61.1 Å². The minimum absolute atomic E-state index is 0.140. The van der Waals surface area contributed by atoms with Crippen molar-refractivity contribution >= 4 is 11.8 Å². The van der Waals surface area contributed by atoms with Crippen LogP contribution in [-0.4, -0.2) is 24.9 Å². The van der Waals surface area contributed by atoms with Crippen LogP contribution in [0.3, 0.4) is 0 Å². The second-order valence-electron chi connectivity index (χ2n) is 7.01. The van der Waals surface area contributed by atoms with Gasteiger partial charge in [-0.15, -0.1) is 10.2 Å². The number of thioether (sulfide) groups is 1. The van der Waals surface area contributed by atoms with E-state index in [0.717, 1.165) is 11.6 Å². The lowest BCUT2D eigenvalue weighted by Gasteiger charge is -2.12.